The van der Waals surface area contributed by atoms with Gasteiger partial charge in [0.2, 0.25) is 0 Å². The lowest BCUT2D eigenvalue weighted by atomic mass is 9.99. The average Bonchev–Trinajstić information content (AvgIpc) is 3.58. The summed E-state index contributed by atoms with van der Waals surface area (Å²) in [5.41, 5.74) is 4.97. The average molecular weight is 487 g/mol. The second kappa shape index (κ2) is 8.60. The Morgan fingerprint density at radius 3 is 3.03 bits per heavy atom. The predicted molar refractivity (Wildman–Crippen MR) is 139 cm³/mol. The number of aromatic nitrogens is 4. The van der Waals surface area contributed by atoms with E-state index < -0.39 is 0 Å². The number of H-pyrrole nitrogens is 2. The molecule has 1 fully saturated rings. The number of aromatic amines is 2. The lowest BCUT2D eigenvalue weighted by Crippen LogP contribution is -2.47. The Morgan fingerprint density at radius 1 is 1.23 bits per heavy atom. The number of morpholine rings is 1. The van der Waals surface area contributed by atoms with Gasteiger partial charge in [-0.3, -0.25) is 14.8 Å². The number of nitrogens with zero attached hydrogens (tertiary/aromatic N) is 3. The molecule has 6 rings (SSSR count). The molecule has 0 atom stereocenters. The zero-order valence-electron chi connectivity index (χ0n) is 19.6. The summed E-state index contributed by atoms with van der Waals surface area (Å²) in [6, 6.07) is 12.3. The number of rotatable bonds is 5. The van der Waals surface area contributed by atoms with E-state index in [1.807, 2.05) is 29.8 Å². The van der Waals surface area contributed by atoms with Crippen molar-refractivity contribution in [2.24, 2.45) is 0 Å². The molecule has 8 nitrogen and oxygen atoms in total. The molecule has 0 spiro atoms. The molecule has 1 amide bonds. The number of hydrogen-bond acceptors (Lipinski definition) is 6. The highest BCUT2D eigenvalue weighted by molar-refractivity contribution is 7.09. The minimum absolute atomic E-state index is 0.165. The predicted octanol–water partition coefficient (Wildman–Crippen LogP) is 5.03. The highest BCUT2D eigenvalue weighted by Gasteiger charge is 2.27. The van der Waals surface area contributed by atoms with Gasteiger partial charge in [-0.1, -0.05) is 12.1 Å². The van der Waals surface area contributed by atoms with Gasteiger partial charge in [0.05, 0.1) is 36.2 Å². The number of thiazole rings is 1. The van der Waals surface area contributed by atoms with Gasteiger partial charge in [0, 0.05) is 41.0 Å². The molecule has 0 saturated carbocycles. The number of anilines is 1. The summed E-state index contributed by atoms with van der Waals surface area (Å²) in [4.78, 5) is 23.4. The van der Waals surface area contributed by atoms with Crippen molar-refractivity contribution in [3.05, 3.63) is 64.9 Å². The number of nitrogens with one attached hydrogen (secondary N) is 3. The lowest BCUT2D eigenvalue weighted by Gasteiger charge is -2.37. The highest BCUT2D eigenvalue weighted by atomic mass is 32.1. The smallest absolute Gasteiger partial charge is 0.275 e. The lowest BCUT2D eigenvalue weighted by molar-refractivity contribution is -0.0882. The summed E-state index contributed by atoms with van der Waals surface area (Å²) >= 11 is 1.51. The molecule has 5 aromatic rings. The Balaban J connectivity index is 1.26. The van der Waals surface area contributed by atoms with Gasteiger partial charge in [-0.25, -0.2) is 4.98 Å². The van der Waals surface area contributed by atoms with Crippen LogP contribution in [0.2, 0.25) is 0 Å². The zero-order valence-corrected chi connectivity index (χ0v) is 20.4. The molecule has 1 saturated heterocycles. The molecular formula is C26H26N6O2S. The zero-order chi connectivity index (χ0) is 24.0. The van der Waals surface area contributed by atoms with E-state index in [0.29, 0.717) is 24.5 Å². The van der Waals surface area contributed by atoms with E-state index >= 15 is 0 Å². The third-order valence-corrected chi connectivity index (χ3v) is 7.19. The Morgan fingerprint density at radius 2 is 2.14 bits per heavy atom. The maximum absolute atomic E-state index is 13.2. The van der Waals surface area contributed by atoms with Crippen LogP contribution in [0, 0.1) is 0 Å². The first-order valence-electron chi connectivity index (χ1n) is 11.6. The topological polar surface area (TPSA) is 98.9 Å². The molecule has 3 aromatic heterocycles. The minimum Gasteiger partial charge on any atom is -0.373 e. The quantitative estimate of drug-likeness (QED) is 0.324. The Bertz CT molecular complexity index is 1530. The number of fused-ring (bicyclic) bond motifs is 2. The van der Waals surface area contributed by atoms with Crippen LogP contribution in [0.25, 0.3) is 32.9 Å². The van der Waals surface area contributed by atoms with Crippen molar-refractivity contribution in [1.29, 1.82) is 0 Å². The summed E-state index contributed by atoms with van der Waals surface area (Å²) in [7, 11) is 0. The molecule has 178 valence electrons. The molecule has 0 bridgehead atoms. The first kappa shape index (κ1) is 22.0. The van der Waals surface area contributed by atoms with Crippen molar-refractivity contribution in [3.8, 4) is 11.1 Å². The van der Waals surface area contributed by atoms with Gasteiger partial charge in [0.15, 0.2) is 0 Å². The van der Waals surface area contributed by atoms with E-state index in [9.17, 15) is 4.79 Å². The molecule has 35 heavy (non-hydrogen) atoms. The van der Waals surface area contributed by atoms with E-state index in [0.717, 1.165) is 51.0 Å². The van der Waals surface area contributed by atoms with Crippen LogP contribution >= 0.6 is 11.3 Å². The van der Waals surface area contributed by atoms with Crippen molar-refractivity contribution in [1.82, 2.24) is 25.1 Å². The van der Waals surface area contributed by atoms with E-state index in [-0.39, 0.29) is 11.5 Å². The molecule has 9 heteroatoms. The fourth-order valence-corrected chi connectivity index (χ4v) is 5.58. The van der Waals surface area contributed by atoms with Gasteiger partial charge in [0.1, 0.15) is 10.7 Å². The van der Waals surface area contributed by atoms with Gasteiger partial charge in [-0.15, -0.1) is 11.3 Å². The molecule has 0 radical (unpaired) electrons. The fourth-order valence-electron chi connectivity index (χ4n) is 4.76. The summed E-state index contributed by atoms with van der Waals surface area (Å²) in [6.45, 7) is 7.32. The van der Waals surface area contributed by atoms with Crippen LogP contribution < -0.4 is 5.32 Å². The number of ether oxygens (including phenoxy) is 1. The van der Waals surface area contributed by atoms with Crippen molar-refractivity contribution in [3.63, 3.8) is 0 Å². The third kappa shape index (κ3) is 4.34. The van der Waals surface area contributed by atoms with Crippen molar-refractivity contribution < 1.29 is 9.53 Å². The normalized spacial score (nSPS) is 16.2. The Hall–Kier alpha value is -3.53. The number of amides is 1. The molecule has 4 heterocycles. The van der Waals surface area contributed by atoms with Gasteiger partial charge in [-0.05, 0) is 49.2 Å². The van der Waals surface area contributed by atoms with E-state index in [4.69, 9.17) is 4.74 Å². The van der Waals surface area contributed by atoms with E-state index in [1.165, 1.54) is 11.3 Å². The Kier molecular flexibility index (Phi) is 5.40. The second-order valence-corrected chi connectivity index (χ2v) is 10.4. The van der Waals surface area contributed by atoms with Crippen LogP contribution in [0.3, 0.4) is 0 Å². The van der Waals surface area contributed by atoms with Crippen LogP contribution in [0.1, 0.15) is 29.3 Å². The highest BCUT2D eigenvalue weighted by Crippen LogP contribution is 2.34. The van der Waals surface area contributed by atoms with E-state index in [2.05, 4.69) is 62.4 Å². The van der Waals surface area contributed by atoms with Gasteiger partial charge in [0.25, 0.3) is 5.91 Å². The van der Waals surface area contributed by atoms with Gasteiger partial charge < -0.3 is 15.0 Å². The third-order valence-electron chi connectivity index (χ3n) is 6.36. The largest absolute Gasteiger partial charge is 0.373 e. The molecule has 3 N–H and O–H groups in total. The van der Waals surface area contributed by atoms with Crippen LogP contribution in [0.4, 0.5) is 5.69 Å². The summed E-state index contributed by atoms with van der Waals surface area (Å²) in [5, 5.41) is 15.0. The first-order chi connectivity index (χ1) is 16.9. The Labute approximate surface area is 206 Å². The maximum Gasteiger partial charge on any atom is 0.275 e. The standard InChI is InChI=1S/C26H26N6O2S/c1-26(2)15-32(8-9-34-26)13-24-29-23(14-35-24)25(33)30-21-10-16(11-22-19(21)12-28-31-22)17-4-3-5-20-18(17)6-7-27-20/h3-7,10-12,14,27H,8-9,13,15H2,1-2H3,(H,28,31)(H,30,33). The molecular weight excluding hydrogens is 460 g/mol. The molecule has 1 aliphatic heterocycles. The number of carbonyl (C=O) groups is 1. The summed E-state index contributed by atoms with van der Waals surface area (Å²) in [6.07, 6.45) is 3.67. The van der Waals surface area contributed by atoms with E-state index in [1.54, 1.807) is 6.20 Å². The van der Waals surface area contributed by atoms with Crippen LogP contribution in [0.15, 0.2) is 54.2 Å². The monoisotopic (exact) mass is 486 g/mol. The first-order valence-corrected chi connectivity index (χ1v) is 12.5. The molecule has 0 unspecified atom stereocenters. The van der Waals surface area contributed by atoms with Crippen molar-refractivity contribution >= 4 is 44.7 Å². The van der Waals surface area contributed by atoms with Crippen molar-refractivity contribution in [2.45, 2.75) is 26.0 Å². The number of benzene rings is 2. The fraction of sp³-hybridized carbons (Fsp3) is 0.269. The van der Waals surface area contributed by atoms with Gasteiger partial charge in [-0.2, -0.15) is 5.10 Å². The van der Waals surface area contributed by atoms with Crippen LogP contribution in [-0.2, 0) is 11.3 Å². The maximum atomic E-state index is 13.2. The molecule has 1 aliphatic rings. The second-order valence-electron chi connectivity index (χ2n) is 9.50. The van der Waals surface area contributed by atoms with Gasteiger partial charge >= 0.3 is 0 Å². The number of carbonyl (C=O) groups excluding carboxylic acids is 1. The van der Waals surface area contributed by atoms with Crippen LogP contribution in [-0.4, -0.2) is 56.3 Å². The minimum atomic E-state index is -0.227. The summed E-state index contributed by atoms with van der Waals surface area (Å²) < 4.78 is 5.80. The SMILES string of the molecule is CC1(C)CN(Cc2nc(C(=O)Nc3cc(-c4cccc5[nH]ccc45)cc4[nH]ncc34)cs2)CCO1. The summed E-state index contributed by atoms with van der Waals surface area (Å²) in [5.74, 6) is -0.227. The molecule has 2 aromatic carbocycles. The van der Waals surface area contributed by atoms with Crippen LogP contribution in [0.5, 0.6) is 0 Å². The molecule has 0 aliphatic carbocycles. The van der Waals surface area contributed by atoms with Crippen molar-refractivity contribution in [2.75, 3.05) is 25.0 Å². The number of hydrogen-bond donors (Lipinski definition) is 3.